The molecule has 1 saturated carbocycles. The first-order valence-electron chi connectivity index (χ1n) is 12.0. The molecule has 5 rings (SSSR count). The first-order valence-corrected chi connectivity index (χ1v) is 12.0. The van der Waals surface area contributed by atoms with Crippen LogP contribution < -0.4 is 5.32 Å². The maximum atomic E-state index is 12.6. The number of alkyl carbamates (subject to hydrolysis) is 1. The Morgan fingerprint density at radius 2 is 1.50 bits per heavy atom. The van der Waals surface area contributed by atoms with E-state index in [9.17, 15) is 14.7 Å². The van der Waals surface area contributed by atoms with Gasteiger partial charge in [0.1, 0.15) is 12.1 Å². The van der Waals surface area contributed by atoms with Crippen LogP contribution in [0.2, 0.25) is 0 Å². The van der Waals surface area contributed by atoms with Gasteiger partial charge in [0.25, 0.3) is 0 Å². The van der Waals surface area contributed by atoms with Crippen molar-refractivity contribution in [2.45, 2.75) is 44.2 Å². The molecule has 1 aliphatic carbocycles. The SMILES string of the molecule is CC1=NN=C(c2ccc(-c3ccc(C4(C(=O)O)CC4)cc3)cc2)[C@@H]1NC(=O)OC(C)c1ccccc1. The molecule has 1 fully saturated rings. The van der Waals surface area contributed by atoms with Gasteiger partial charge >= 0.3 is 12.1 Å². The van der Waals surface area contributed by atoms with Crippen LogP contribution in [-0.2, 0) is 14.9 Å². The van der Waals surface area contributed by atoms with E-state index >= 15 is 0 Å². The number of carbonyl (C=O) groups excluding carboxylic acids is 1. The van der Waals surface area contributed by atoms with E-state index in [4.69, 9.17) is 4.74 Å². The largest absolute Gasteiger partial charge is 0.481 e. The van der Waals surface area contributed by atoms with Crippen molar-refractivity contribution in [1.29, 1.82) is 0 Å². The molecule has 0 aromatic heterocycles. The molecule has 3 aromatic rings. The zero-order valence-corrected chi connectivity index (χ0v) is 20.1. The van der Waals surface area contributed by atoms with Crippen molar-refractivity contribution in [1.82, 2.24) is 5.32 Å². The Kier molecular flexibility index (Phi) is 6.14. The lowest BCUT2D eigenvalue weighted by molar-refractivity contribution is -0.140. The van der Waals surface area contributed by atoms with E-state index in [1.165, 1.54) is 0 Å². The van der Waals surface area contributed by atoms with E-state index in [1.807, 2.05) is 92.7 Å². The monoisotopic (exact) mass is 481 g/mol. The zero-order chi connectivity index (χ0) is 25.3. The van der Waals surface area contributed by atoms with Gasteiger partial charge in [-0.1, -0.05) is 78.9 Å². The van der Waals surface area contributed by atoms with E-state index in [2.05, 4.69) is 15.5 Å². The van der Waals surface area contributed by atoms with Crippen LogP contribution in [0.5, 0.6) is 0 Å². The number of ether oxygens (including phenoxy) is 1. The van der Waals surface area contributed by atoms with E-state index in [1.54, 1.807) is 0 Å². The highest BCUT2D eigenvalue weighted by Gasteiger charge is 2.51. The van der Waals surface area contributed by atoms with Crippen molar-refractivity contribution < 1.29 is 19.4 Å². The molecule has 36 heavy (non-hydrogen) atoms. The summed E-state index contributed by atoms with van der Waals surface area (Å²) in [5.41, 5.74) is 5.24. The standard InChI is InChI=1S/C29H27N3O4/c1-18-25(30-28(35)36-19(2)20-6-4-3-5-7-20)26(32-31-18)23-10-8-21(9-11-23)22-12-14-24(15-13-22)29(16-17-29)27(33)34/h3-15,19,25H,16-17H2,1-2H3,(H,30,35)(H,33,34)/t19?,25-/m1/s1. The molecule has 7 heteroatoms. The fourth-order valence-corrected chi connectivity index (χ4v) is 4.51. The van der Waals surface area contributed by atoms with Crippen LogP contribution in [0.15, 0.2) is 89.1 Å². The molecule has 7 nitrogen and oxygen atoms in total. The first-order chi connectivity index (χ1) is 17.4. The van der Waals surface area contributed by atoms with Crippen molar-refractivity contribution in [3.05, 3.63) is 95.6 Å². The molecule has 2 aliphatic rings. The molecule has 2 atom stereocenters. The van der Waals surface area contributed by atoms with Gasteiger partial charge in [0, 0.05) is 5.56 Å². The Balaban J connectivity index is 1.26. The molecule has 1 aliphatic heterocycles. The van der Waals surface area contributed by atoms with Gasteiger partial charge < -0.3 is 15.2 Å². The minimum absolute atomic E-state index is 0.388. The molecular weight excluding hydrogens is 454 g/mol. The fourth-order valence-electron chi connectivity index (χ4n) is 4.51. The summed E-state index contributed by atoms with van der Waals surface area (Å²) in [7, 11) is 0. The van der Waals surface area contributed by atoms with Gasteiger partial charge in [0.15, 0.2) is 0 Å². The van der Waals surface area contributed by atoms with E-state index in [0.29, 0.717) is 24.3 Å². The predicted molar refractivity (Wildman–Crippen MR) is 138 cm³/mol. The summed E-state index contributed by atoms with van der Waals surface area (Å²) in [6, 6.07) is 24.7. The normalized spacial score (nSPS) is 18.6. The summed E-state index contributed by atoms with van der Waals surface area (Å²) < 4.78 is 5.56. The summed E-state index contributed by atoms with van der Waals surface area (Å²) in [6.07, 6.45) is 0.454. The molecule has 2 N–H and O–H groups in total. The van der Waals surface area contributed by atoms with Gasteiger partial charge in [-0.3, -0.25) is 4.79 Å². The second kappa shape index (κ2) is 9.41. The number of amides is 1. The summed E-state index contributed by atoms with van der Waals surface area (Å²) in [5, 5.41) is 20.9. The lowest BCUT2D eigenvalue weighted by Crippen LogP contribution is -2.44. The summed E-state index contributed by atoms with van der Waals surface area (Å²) in [6.45, 7) is 3.65. The Hall–Kier alpha value is -4.26. The Labute approximate surface area is 209 Å². The van der Waals surface area contributed by atoms with Gasteiger partial charge in [-0.25, -0.2) is 4.79 Å². The number of hydrogen-bond acceptors (Lipinski definition) is 5. The topological polar surface area (TPSA) is 100 Å². The van der Waals surface area contributed by atoms with E-state index in [0.717, 1.165) is 27.8 Å². The Morgan fingerprint density at radius 3 is 2.08 bits per heavy atom. The number of nitrogens with one attached hydrogen (secondary N) is 1. The quantitative estimate of drug-likeness (QED) is 0.465. The highest BCUT2D eigenvalue weighted by molar-refractivity contribution is 6.21. The second-order valence-corrected chi connectivity index (χ2v) is 9.30. The van der Waals surface area contributed by atoms with Crippen molar-refractivity contribution >= 4 is 23.5 Å². The Bertz CT molecular complexity index is 1340. The second-order valence-electron chi connectivity index (χ2n) is 9.30. The van der Waals surface area contributed by atoms with Crippen LogP contribution in [0.4, 0.5) is 4.79 Å². The van der Waals surface area contributed by atoms with Gasteiger partial charge in [0.2, 0.25) is 0 Å². The maximum absolute atomic E-state index is 12.6. The molecule has 182 valence electrons. The van der Waals surface area contributed by atoms with Crippen LogP contribution in [-0.4, -0.2) is 34.6 Å². The molecule has 0 radical (unpaired) electrons. The van der Waals surface area contributed by atoms with Gasteiger partial charge in [-0.15, -0.1) is 0 Å². The number of carboxylic acid groups (broad SMARTS) is 1. The smallest absolute Gasteiger partial charge is 0.408 e. The summed E-state index contributed by atoms with van der Waals surface area (Å²) in [5.74, 6) is -0.754. The highest BCUT2D eigenvalue weighted by Crippen LogP contribution is 2.48. The maximum Gasteiger partial charge on any atom is 0.408 e. The van der Waals surface area contributed by atoms with Gasteiger partial charge in [0.05, 0.1) is 16.8 Å². The van der Waals surface area contributed by atoms with Crippen molar-refractivity contribution in [2.75, 3.05) is 0 Å². The van der Waals surface area contributed by atoms with E-state index < -0.39 is 23.5 Å². The van der Waals surface area contributed by atoms with Crippen molar-refractivity contribution in [3.8, 4) is 11.1 Å². The highest BCUT2D eigenvalue weighted by atomic mass is 16.6. The third kappa shape index (κ3) is 4.52. The number of nitrogens with zero attached hydrogens (tertiary/aromatic N) is 2. The lowest BCUT2D eigenvalue weighted by Gasteiger charge is -2.19. The third-order valence-electron chi connectivity index (χ3n) is 6.93. The number of rotatable bonds is 7. The summed E-state index contributed by atoms with van der Waals surface area (Å²) >= 11 is 0. The molecule has 3 aromatic carbocycles. The zero-order valence-electron chi connectivity index (χ0n) is 20.1. The van der Waals surface area contributed by atoms with Crippen LogP contribution in [0.1, 0.15) is 49.5 Å². The van der Waals surface area contributed by atoms with E-state index in [-0.39, 0.29) is 6.10 Å². The minimum Gasteiger partial charge on any atom is -0.481 e. The summed E-state index contributed by atoms with van der Waals surface area (Å²) in [4.78, 5) is 24.2. The predicted octanol–water partition coefficient (Wildman–Crippen LogP) is 5.50. The molecule has 1 heterocycles. The number of aliphatic carboxylic acids is 1. The number of carboxylic acids is 1. The molecule has 0 spiro atoms. The van der Waals surface area contributed by atoms with Gasteiger partial charge in [-0.05, 0) is 48.9 Å². The average Bonchev–Trinajstić information content (AvgIpc) is 3.64. The molecule has 1 unspecified atom stereocenters. The molecule has 0 saturated heterocycles. The van der Waals surface area contributed by atoms with Crippen LogP contribution in [0.3, 0.4) is 0 Å². The fraction of sp³-hybridized carbons (Fsp3) is 0.241. The van der Waals surface area contributed by atoms with Crippen LogP contribution in [0.25, 0.3) is 11.1 Å². The molecule has 0 bridgehead atoms. The third-order valence-corrected chi connectivity index (χ3v) is 6.93. The van der Waals surface area contributed by atoms with Gasteiger partial charge in [-0.2, -0.15) is 10.2 Å². The Morgan fingerprint density at radius 1 is 0.917 bits per heavy atom. The van der Waals surface area contributed by atoms with Crippen LogP contribution in [0, 0.1) is 0 Å². The lowest BCUT2D eigenvalue weighted by atomic mass is 9.93. The number of carbonyl (C=O) groups is 2. The number of hydrogen-bond donors (Lipinski definition) is 2. The van der Waals surface area contributed by atoms with Crippen molar-refractivity contribution in [2.24, 2.45) is 10.2 Å². The minimum atomic E-state index is -0.754. The first kappa shape index (κ1) is 23.5. The molecule has 1 amide bonds. The average molecular weight is 482 g/mol. The van der Waals surface area contributed by atoms with Crippen molar-refractivity contribution in [3.63, 3.8) is 0 Å². The number of benzene rings is 3. The molecular formula is C29H27N3O4. The van der Waals surface area contributed by atoms with Crippen LogP contribution >= 0.6 is 0 Å².